The molecule has 3 N–H and O–H groups in total. The van der Waals surface area contributed by atoms with Crippen LogP contribution in [0.15, 0.2) is 47.9 Å². The molecule has 12 heteroatoms. The van der Waals surface area contributed by atoms with Gasteiger partial charge in [-0.05, 0) is 37.0 Å². The van der Waals surface area contributed by atoms with Crippen molar-refractivity contribution in [2.75, 3.05) is 16.6 Å². The van der Waals surface area contributed by atoms with Crippen molar-refractivity contribution in [1.29, 1.82) is 0 Å². The summed E-state index contributed by atoms with van der Waals surface area (Å²) in [5.41, 5.74) is -0.925. The molecule has 0 saturated heterocycles. The van der Waals surface area contributed by atoms with Gasteiger partial charge >= 0.3 is 0 Å². The molecular formula is C22H17F3N6O2S. The molecule has 1 saturated carbocycles. The number of aromatic nitrogens is 4. The molecule has 1 atom stereocenters. The summed E-state index contributed by atoms with van der Waals surface area (Å²) >= 11 is -2.16. The average molecular weight is 486 g/mol. The van der Waals surface area contributed by atoms with E-state index < -0.39 is 46.0 Å². The first-order valence-electron chi connectivity index (χ1n) is 10.3. The minimum atomic E-state index is -2.16. The molecule has 0 amide bonds. The van der Waals surface area contributed by atoms with Crippen molar-refractivity contribution in [2.45, 2.75) is 17.9 Å². The van der Waals surface area contributed by atoms with Gasteiger partial charge in [-0.25, -0.2) is 18.7 Å². The van der Waals surface area contributed by atoms with Gasteiger partial charge in [0.1, 0.15) is 40.7 Å². The predicted octanol–water partition coefficient (Wildman–Crippen LogP) is 3.96. The summed E-state index contributed by atoms with van der Waals surface area (Å²) in [6.07, 6.45) is 4.84. The van der Waals surface area contributed by atoms with Crippen LogP contribution in [0.25, 0.3) is 11.0 Å². The topological polar surface area (TPSA) is 119 Å². The highest BCUT2D eigenvalue weighted by molar-refractivity contribution is 7.92. The van der Waals surface area contributed by atoms with Gasteiger partial charge in [0.05, 0.1) is 16.5 Å². The van der Waals surface area contributed by atoms with E-state index in [1.54, 1.807) is 0 Å². The Bertz CT molecular complexity index is 1390. The maximum absolute atomic E-state index is 15.3. The molecule has 1 fully saturated rings. The summed E-state index contributed by atoms with van der Waals surface area (Å²) in [5.74, 6) is -3.24. The van der Waals surface area contributed by atoms with E-state index in [4.69, 9.17) is 0 Å². The Kier molecular flexibility index (Phi) is 5.84. The Labute approximate surface area is 194 Å². The molecule has 1 unspecified atom stereocenters. The molecule has 3 aromatic heterocycles. The van der Waals surface area contributed by atoms with Gasteiger partial charge in [-0.15, -0.1) is 0 Å². The summed E-state index contributed by atoms with van der Waals surface area (Å²) in [5, 5.41) is 3.29. The van der Waals surface area contributed by atoms with Crippen LogP contribution in [0.3, 0.4) is 0 Å². The van der Waals surface area contributed by atoms with Gasteiger partial charge in [0.2, 0.25) is 11.7 Å². The maximum atomic E-state index is 15.3. The van der Waals surface area contributed by atoms with Gasteiger partial charge in [-0.1, -0.05) is 6.07 Å². The number of carbonyl (C=O) groups is 1. The molecule has 1 aliphatic carbocycles. The Hall–Kier alpha value is -3.64. The number of nitrogens with zero attached hydrogens (tertiary/aromatic N) is 3. The molecule has 3 heterocycles. The molecular weight excluding hydrogens is 469 g/mol. The van der Waals surface area contributed by atoms with Gasteiger partial charge in [0, 0.05) is 18.8 Å². The number of pyridine rings is 1. The Balaban J connectivity index is 1.49. The summed E-state index contributed by atoms with van der Waals surface area (Å²) < 4.78 is 58.1. The van der Waals surface area contributed by atoms with Crippen molar-refractivity contribution in [1.82, 2.24) is 19.9 Å². The van der Waals surface area contributed by atoms with E-state index in [0.29, 0.717) is 29.3 Å². The number of aromatic amines is 1. The van der Waals surface area contributed by atoms with Crippen molar-refractivity contribution in [3.63, 3.8) is 0 Å². The van der Waals surface area contributed by atoms with E-state index in [0.717, 1.165) is 31.0 Å². The van der Waals surface area contributed by atoms with Crippen molar-refractivity contribution < 1.29 is 22.5 Å². The number of nitrogens with one attached hydrogen (secondary N) is 3. The number of rotatable bonds is 8. The Morgan fingerprint density at radius 3 is 2.76 bits per heavy atom. The lowest BCUT2D eigenvalue weighted by Crippen LogP contribution is -2.18. The molecule has 34 heavy (non-hydrogen) atoms. The fraction of sp³-hybridized carbons (Fsp3) is 0.182. The number of hydrogen-bond donors (Lipinski definition) is 3. The van der Waals surface area contributed by atoms with E-state index in [9.17, 15) is 18.1 Å². The predicted molar refractivity (Wildman–Crippen MR) is 119 cm³/mol. The van der Waals surface area contributed by atoms with Gasteiger partial charge in [-0.2, -0.15) is 14.1 Å². The van der Waals surface area contributed by atoms with Crippen LogP contribution in [-0.2, 0) is 11.4 Å². The highest BCUT2D eigenvalue weighted by Crippen LogP contribution is 2.32. The number of hydrogen-bond acceptors (Lipinski definition) is 7. The van der Waals surface area contributed by atoms with Crippen LogP contribution in [-0.4, -0.2) is 36.8 Å². The lowest BCUT2D eigenvalue weighted by molar-refractivity contribution is 0.103. The number of benzene rings is 1. The minimum absolute atomic E-state index is 0.0169. The van der Waals surface area contributed by atoms with Crippen molar-refractivity contribution >= 4 is 39.7 Å². The number of H-pyrrole nitrogens is 1. The first-order valence-corrected chi connectivity index (χ1v) is 11.5. The van der Waals surface area contributed by atoms with E-state index in [-0.39, 0.29) is 10.6 Å². The third kappa shape index (κ3) is 4.29. The number of halogens is 3. The Morgan fingerprint density at radius 2 is 2.00 bits per heavy atom. The third-order valence-corrected chi connectivity index (χ3v) is 6.38. The minimum Gasteiger partial charge on any atom is -0.587 e. The lowest BCUT2D eigenvalue weighted by Gasteiger charge is -2.13. The normalized spacial score (nSPS) is 14.2. The van der Waals surface area contributed by atoms with Crippen LogP contribution in [0.2, 0.25) is 0 Å². The molecule has 8 nitrogen and oxygen atoms in total. The summed E-state index contributed by atoms with van der Waals surface area (Å²) in [6.45, 7) is 0.660. The quantitative estimate of drug-likeness (QED) is 0.196. The summed E-state index contributed by atoms with van der Waals surface area (Å²) in [7, 11) is 0. The molecule has 4 aromatic rings. The van der Waals surface area contributed by atoms with Crippen LogP contribution in [0.5, 0.6) is 0 Å². The van der Waals surface area contributed by atoms with E-state index >= 15 is 4.39 Å². The van der Waals surface area contributed by atoms with Crippen LogP contribution < -0.4 is 10.0 Å². The number of ketones is 1. The average Bonchev–Trinajstić information content (AvgIpc) is 3.55. The highest BCUT2D eigenvalue weighted by Gasteiger charge is 2.28. The number of fused-ring (bicyclic) bond motifs is 1. The summed E-state index contributed by atoms with van der Waals surface area (Å²) in [6, 6.07) is 5.52. The second kappa shape index (κ2) is 8.95. The molecule has 0 radical (unpaired) electrons. The molecule has 0 bridgehead atoms. The molecule has 0 aliphatic heterocycles. The van der Waals surface area contributed by atoms with Crippen LogP contribution in [0.4, 0.5) is 24.7 Å². The monoisotopic (exact) mass is 486 g/mol. The van der Waals surface area contributed by atoms with Crippen LogP contribution in [0.1, 0.15) is 28.8 Å². The zero-order chi connectivity index (χ0) is 23.8. The number of carbonyl (C=O) groups excluding carboxylic acids is 1. The SMILES string of the molecule is O=C(c1c(F)ccc(N[S+]([O-])c2cccc(F)n2)c1F)c1c[nH]c2ncnc(NCC3CC3)c12. The van der Waals surface area contributed by atoms with E-state index in [1.807, 2.05) is 0 Å². The van der Waals surface area contributed by atoms with Crippen molar-refractivity contribution in [2.24, 2.45) is 5.92 Å². The van der Waals surface area contributed by atoms with E-state index in [2.05, 4.69) is 30.0 Å². The molecule has 174 valence electrons. The second-order valence-corrected chi connectivity index (χ2v) is 8.91. The molecule has 0 spiro atoms. The lowest BCUT2D eigenvalue weighted by atomic mass is 10.0. The zero-order valence-corrected chi connectivity index (χ0v) is 18.3. The second-order valence-electron chi connectivity index (χ2n) is 7.75. The highest BCUT2D eigenvalue weighted by atomic mass is 32.2. The first-order chi connectivity index (χ1) is 16.4. The van der Waals surface area contributed by atoms with Gasteiger partial charge in [0.25, 0.3) is 5.03 Å². The number of anilines is 2. The fourth-order valence-electron chi connectivity index (χ4n) is 3.46. The standard InChI is InChI=1S/C22H17F3N6O2S/c23-13-6-7-14(31-34(33)16-3-1-2-15(24)30-16)19(25)18(13)20(32)12-9-27-22-17(12)21(28-10-29-22)26-8-11-4-5-11/h1-3,6-7,9-11,31H,4-5,8H2,(H2,26,27,28,29). The molecule has 1 aliphatic rings. The van der Waals surface area contributed by atoms with Gasteiger partial charge < -0.3 is 14.9 Å². The Morgan fingerprint density at radius 1 is 1.18 bits per heavy atom. The largest absolute Gasteiger partial charge is 0.587 e. The molecule has 5 rings (SSSR count). The van der Waals surface area contributed by atoms with Gasteiger partial charge in [-0.3, -0.25) is 4.79 Å². The van der Waals surface area contributed by atoms with Crippen LogP contribution >= 0.6 is 0 Å². The molecule has 1 aromatic carbocycles. The zero-order valence-electron chi connectivity index (χ0n) is 17.4. The van der Waals surface area contributed by atoms with Crippen LogP contribution in [0, 0.1) is 23.5 Å². The summed E-state index contributed by atoms with van der Waals surface area (Å²) in [4.78, 5) is 27.8. The van der Waals surface area contributed by atoms with Crippen molar-refractivity contribution in [3.8, 4) is 0 Å². The van der Waals surface area contributed by atoms with Gasteiger partial charge in [0.15, 0.2) is 5.82 Å². The smallest absolute Gasteiger partial charge is 0.274 e. The van der Waals surface area contributed by atoms with Crippen molar-refractivity contribution in [3.05, 3.63) is 71.6 Å². The van der Waals surface area contributed by atoms with E-state index in [1.165, 1.54) is 24.7 Å². The maximum Gasteiger partial charge on any atom is 0.274 e. The third-order valence-electron chi connectivity index (χ3n) is 5.37. The first kappa shape index (κ1) is 22.2. The fourth-order valence-corrected chi connectivity index (χ4v) is 4.29.